The molecular weight excluding hydrogens is 627 g/mol. The van der Waals surface area contributed by atoms with E-state index in [-0.39, 0.29) is 30.4 Å². The minimum Gasteiger partial charge on any atom is -0.457 e. The summed E-state index contributed by atoms with van der Waals surface area (Å²) < 4.78 is 51.9. The highest BCUT2D eigenvalue weighted by Gasteiger charge is 2.29. The van der Waals surface area contributed by atoms with E-state index in [1.807, 2.05) is 46.0 Å². The number of carbonyl (C=O) groups excluding carboxylic acids is 2. The van der Waals surface area contributed by atoms with Gasteiger partial charge in [0.25, 0.3) is 0 Å². The van der Waals surface area contributed by atoms with Crippen LogP contribution in [0.1, 0.15) is 58.4 Å². The Labute approximate surface area is 278 Å². The Morgan fingerprint density at radius 2 is 1.72 bits per heavy atom. The monoisotopic (exact) mass is 678 g/mol. The van der Waals surface area contributed by atoms with E-state index >= 15 is 0 Å². The summed E-state index contributed by atoms with van der Waals surface area (Å²) in [6.45, 7) is 9.24. The van der Waals surface area contributed by atoms with Crippen LogP contribution in [0.2, 0.25) is 0 Å². The lowest BCUT2D eigenvalue weighted by atomic mass is 9.91. The number of hydrogen-bond donors (Lipinski definition) is 2. The molecule has 2 fully saturated rings. The van der Waals surface area contributed by atoms with Crippen LogP contribution in [0.4, 0.5) is 14.9 Å². The van der Waals surface area contributed by atoms with Gasteiger partial charge in [-0.2, -0.15) is 0 Å². The van der Waals surface area contributed by atoms with Crippen LogP contribution in [0.15, 0.2) is 35.9 Å². The van der Waals surface area contributed by atoms with Crippen molar-refractivity contribution in [1.29, 1.82) is 0 Å². The molecule has 0 radical (unpaired) electrons. The second-order valence-corrected chi connectivity index (χ2v) is 15.4. The number of amides is 1. The number of likely N-dealkylation sites (N-methyl/N-ethyl adjacent to an activating group) is 1. The quantitative estimate of drug-likeness (QED) is 0.338. The Balaban J connectivity index is 1.51. The van der Waals surface area contributed by atoms with Crippen LogP contribution < -0.4 is 5.32 Å². The van der Waals surface area contributed by atoms with Gasteiger partial charge in [-0.25, -0.2) is 21.9 Å². The first-order valence-corrected chi connectivity index (χ1v) is 18.4. The number of nitrogens with one attached hydrogen (secondary N) is 1. The number of cyclic esters (lactones) is 1. The number of carbonyl (C=O) groups is 2. The number of aliphatic hydroxyl groups excluding tert-OH is 1. The fourth-order valence-electron chi connectivity index (χ4n) is 6.32. The van der Waals surface area contributed by atoms with Gasteiger partial charge in [0.15, 0.2) is 0 Å². The Kier molecular flexibility index (Phi) is 12.9. The maximum Gasteiger partial charge on any atom is 0.410 e. The fraction of sp³-hybridized carbons (Fsp3) is 0.647. The molecule has 0 saturated carbocycles. The number of anilines is 1. The number of piperazine rings is 1. The summed E-state index contributed by atoms with van der Waals surface area (Å²) in [5, 5.41) is 14.0. The van der Waals surface area contributed by atoms with Crippen molar-refractivity contribution in [2.75, 3.05) is 57.9 Å². The molecule has 1 aromatic carbocycles. The Morgan fingerprint density at radius 3 is 2.38 bits per heavy atom. The summed E-state index contributed by atoms with van der Waals surface area (Å²) >= 11 is 0. The summed E-state index contributed by atoms with van der Waals surface area (Å²) in [5.74, 6) is -1.38. The Morgan fingerprint density at radius 1 is 1.04 bits per heavy atom. The zero-order valence-electron chi connectivity index (χ0n) is 28.2. The summed E-state index contributed by atoms with van der Waals surface area (Å²) in [5.41, 5.74) is 1.83. The number of halogens is 1. The molecule has 0 spiro atoms. The van der Waals surface area contributed by atoms with Crippen molar-refractivity contribution in [2.24, 2.45) is 11.8 Å². The topological polar surface area (TPSA) is 129 Å². The van der Waals surface area contributed by atoms with Crippen molar-refractivity contribution < 1.29 is 37.0 Å². The minimum atomic E-state index is -3.24. The molecule has 3 heterocycles. The molecule has 1 aromatic rings. The Bertz CT molecular complexity index is 1400. The third-order valence-electron chi connectivity index (χ3n) is 9.31. The van der Waals surface area contributed by atoms with Gasteiger partial charge >= 0.3 is 12.1 Å². The van der Waals surface area contributed by atoms with Gasteiger partial charge < -0.3 is 29.7 Å². The van der Waals surface area contributed by atoms with Gasteiger partial charge in [0, 0.05) is 56.9 Å². The van der Waals surface area contributed by atoms with Crippen LogP contribution in [0.25, 0.3) is 6.08 Å². The summed E-state index contributed by atoms with van der Waals surface area (Å²) in [6, 6.07) is 4.62. The maximum absolute atomic E-state index is 14.8. The summed E-state index contributed by atoms with van der Waals surface area (Å²) in [6.07, 6.45) is 6.18. The second kappa shape index (κ2) is 16.4. The molecule has 4 rings (SSSR count). The predicted octanol–water partition coefficient (Wildman–Crippen LogP) is 4.10. The minimum absolute atomic E-state index is 0.00253. The standard InChI is InChI=1S/C34H51FN4O7S/c1-23-6-8-30(40)22-32(41)46-33(24(2)7-9-31(23)45-34(42)38-16-14-37(4)15-17-38)25(3)18-26-19-27(35)21-29(20-26)36-28-10-12-39(13-11-28)47(5,43)44/h7,9,18-21,23-24,28,30-31,33,36,40H,6,8,10-17,22H2,1-5H3/b9-7+,25-18+/t23-,24-,30+,31+,33-/m0/s1. The first kappa shape index (κ1) is 36.8. The largest absolute Gasteiger partial charge is 0.457 e. The molecule has 47 heavy (non-hydrogen) atoms. The normalized spacial score (nSPS) is 28.9. The first-order chi connectivity index (χ1) is 22.2. The number of esters is 1. The van der Waals surface area contributed by atoms with Gasteiger partial charge in [-0.1, -0.05) is 26.0 Å². The molecule has 0 aromatic heterocycles. The van der Waals surface area contributed by atoms with Gasteiger partial charge in [0.2, 0.25) is 10.0 Å². The van der Waals surface area contributed by atoms with Crippen molar-refractivity contribution >= 4 is 33.8 Å². The average molecular weight is 679 g/mol. The van der Waals surface area contributed by atoms with Crippen molar-refractivity contribution in [3.8, 4) is 0 Å². The van der Waals surface area contributed by atoms with E-state index in [1.165, 1.54) is 22.7 Å². The first-order valence-electron chi connectivity index (χ1n) is 16.6. The van der Waals surface area contributed by atoms with Crippen molar-refractivity contribution in [3.63, 3.8) is 0 Å². The van der Waals surface area contributed by atoms with Crippen LogP contribution in [-0.2, 0) is 24.3 Å². The highest BCUT2D eigenvalue weighted by molar-refractivity contribution is 7.88. The predicted molar refractivity (Wildman–Crippen MR) is 180 cm³/mol. The van der Waals surface area contributed by atoms with E-state index in [2.05, 4.69) is 10.2 Å². The molecule has 5 atom stereocenters. The van der Waals surface area contributed by atoms with Crippen molar-refractivity contribution in [2.45, 2.75) is 77.2 Å². The van der Waals surface area contributed by atoms with Gasteiger partial charge in [-0.15, -0.1) is 0 Å². The van der Waals surface area contributed by atoms with Crippen LogP contribution in [0.3, 0.4) is 0 Å². The average Bonchev–Trinajstić information content (AvgIpc) is 2.99. The molecule has 0 aliphatic carbocycles. The number of aliphatic hydroxyl groups is 1. The number of benzene rings is 1. The SMILES string of the molecule is C/C(=C\c1cc(F)cc(NC2CCN(S(C)(=O)=O)CC2)c1)[C@H]1OC(=O)C[C@H](O)CC[C@H](C)[C@H](OC(=O)N2CCN(C)CC2)/C=C/[C@@H]1C. The Hall–Kier alpha value is -3.00. The third-order valence-corrected chi connectivity index (χ3v) is 10.6. The smallest absolute Gasteiger partial charge is 0.410 e. The molecule has 0 unspecified atom stereocenters. The summed E-state index contributed by atoms with van der Waals surface area (Å²) in [4.78, 5) is 29.8. The van der Waals surface area contributed by atoms with Crippen LogP contribution in [0.5, 0.6) is 0 Å². The van der Waals surface area contributed by atoms with Crippen LogP contribution >= 0.6 is 0 Å². The lowest BCUT2D eigenvalue weighted by molar-refractivity contribution is -0.151. The molecule has 0 bridgehead atoms. The number of piperidine rings is 1. The van der Waals surface area contributed by atoms with Gasteiger partial charge in [0.1, 0.15) is 18.0 Å². The van der Waals surface area contributed by atoms with Gasteiger partial charge in [-0.05, 0) is 81.0 Å². The molecule has 2 N–H and O–H groups in total. The van der Waals surface area contributed by atoms with Crippen molar-refractivity contribution in [1.82, 2.24) is 14.1 Å². The molecule has 2 saturated heterocycles. The van der Waals surface area contributed by atoms with E-state index in [0.717, 1.165) is 13.1 Å². The van der Waals surface area contributed by atoms with Gasteiger partial charge in [0.05, 0.1) is 18.8 Å². The number of ether oxygens (including phenoxy) is 2. The van der Waals surface area contributed by atoms with Crippen molar-refractivity contribution in [3.05, 3.63) is 47.3 Å². The lowest BCUT2D eigenvalue weighted by Gasteiger charge is -2.33. The van der Waals surface area contributed by atoms with Crippen LogP contribution in [-0.4, -0.2) is 117 Å². The fourth-order valence-corrected chi connectivity index (χ4v) is 7.20. The number of nitrogens with zero attached hydrogens (tertiary/aromatic N) is 3. The zero-order valence-corrected chi connectivity index (χ0v) is 29.0. The highest BCUT2D eigenvalue weighted by Crippen LogP contribution is 2.27. The van der Waals surface area contributed by atoms with Gasteiger partial charge in [-0.3, -0.25) is 4.79 Å². The molecule has 3 aliphatic rings. The molecule has 13 heteroatoms. The highest BCUT2D eigenvalue weighted by atomic mass is 32.2. The second-order valence-electron chi connectivity index (χ2n) is 13.4. The number of rotatable bonds is 6. The third kappa shape index (κ3) is 11.0. The maximum atomic E-state index is 14.8. The molecule has 3 aliphatic heterocycles. The molecule has 1 amide bonds. The molecule has 11 nitrogen and oxygen atoms in total. The van der Waals surface area contributed by atoms with E-state index in [4.69, 9.17) is 9.47 Å². The lowest BCUT2D eigenvalue weighted by Crippen LogP contribution is -2.48. The van der Waals surface area contributed by atoms with E-state index in [0.29, 0.717) is 68.7 Å². The zero-order chi connectivity index (χ0) is 34.3. The number of hydrogen-bond acceptors (Lipinski definition) is 9. The molecular formula is C34H51FN4O7S. The van der Waals surface area contributed by atoms with Crippen LogP contribution in [0, 0.1) is 17.7 Å². The molecule has 262 valence electrons. The van der Waals surface area contributed by atoms with E-state index < -0.39 is 40.1 Å². The number of sulfonamides is 1. The van der Waals surface area contributed by atoms with E-state index in [1.54, 1.807) is 11.0 Å². The summed E-state index contributed by atoms with van der Waals surface area (Å²) in [7, 11) is -1.22. The van der Waals surface area contributed by atoms with E-state index in [9.17, 15) is 27.5 Å².